The Bertz CT molecular complexity index is 948. The van der Waals surface area contributed by atoms with E-state index >= 15 is 0 Å². The van der Waals surface area contributed by atoms with Crippen LogP contribution in [0.5, 0.6) is 5.75 Å². The molecule has 0 radical (unpaired) electrons. The lowest BCUT2D eigenvalue weighted by atomic mass is 10.1. The van der Waals surface area contributed by atoms with E-state index in [-0.39, 0.29) is 12.4 Å². The normalized spacial score (nSPS) is 10.9. The topological polar surface area (TPSA) is 48.7 Å². The van der Waals surface area contributed by atoms with Gasteiger partial charge in [-0.05, 0) is 48.0 Å². The summed E-state index contributed by atoms with van der Waals surface area (Å²) in [4.78, 5) is 11.8. The van der Waals surface area contributed by atoms with Gasteiger partial charge in [0, 0.05) is 21.5 Å². The predicted octanol–water partition coefficient (Wildman–Crippen LogP) is 5.84. The number of carbonyl (C=O) groups is 1. The molecule has 0 aliphatic carbocycles. The van der Waals surface area contributed by atoms with E-state index in [9.17, 15) is 4.79 Å². The molecule has 6 heteroatoms. The van der Waals surface area contributed by atoms with E-state index in [1.165, 1.54) is 0 Å². The highest BCUT2D eigenvalue weighted by Crippen LogP contribution is 2.32. The van der Waals surface area contributed by atoms with E-state index in [1.807, 2.05) is 31.2 Å². The Hall–Kier alpha value is -1.98. The molecule has 0 spiro atoms. The Labute approximate surface area is 165 Å². The van der Waals surface area contributed by atoms with Crippen molar-refractivity contribution >= 4 is 44.5 Å². The van der Waals surface area contributed by atoms with Crippen molar-refractivity contribution in [1.29, 1.82) is 0 Å². The van der Waals surface area contributed by atoms with Gasteiger partial charge in [-0.2, -0.15) is 0 Å². The number of benzene rings is 2. The molecule has 0 saturated heterocycles. The summed E-state index contributed by atoms with van der Waals surface area (Å²) in [6.45, 7) is 4.43. The smallest absolute Gasteiger partial charge is 0.310 e. The first-order chi connectivity index (χ1) is 12.5. The third-order valence-electron chi connectivity index (χ3n) is 3.91. The number of hydrogen-bond acceptors (Lipinski definition) is 4. The van der Waals surface area contributed by atoms with Crippen molar-refractivity contribution in [3.05, 3.63) is 62.8 Å². The van der Waals surface area contributed by atoms with Crippen LogP contribution in [0.15, 0.2) is 45.5 Å². The fraction of sp³-hybridized carbons (Fsp3) is 0.250. The number of halogens is 2. The number of furan rings is 1. The van der Waals surface area contributed by atoms with Crippen LogP contribution < -0.4 is 4.74 Å². The van der Waals surface area contributed by atoms with Crippen LogP contribution in [0.25, 0.3) is 11.0 Å². The van der Waals surface area contributed by atoms with Crippen LogP contribution in [-0.4, -0.2) is 12.6 Å². The number of rotatable bonds is 6. The van der Waals surface area contributed by atoms with Gasteiger partial charge >= 0.3 is 5.97 Å². The molecule has 0 saturated carbocycles. The lowest BCUT2D eigenvalue weighted by Gasteiger charge is -2.12. The summed E-state index contributed by atoms with van der Waals surface area (Å²) < 4.78 is 17.4. The Balaban J connectivity index is 1.83. The third-order valence-corrected chi connectivity index (χ3v) is 4.72. The number of fused-ring (bicyclic) bond motifs is 1. The minimum Gasteiger partial charge on any atom is -0.488 e. The Kier molecular flexibility index (Phi) is 5.89. The first-order valence-electron chi connectivity index (χ1n) is 8.21. The van der Waals surface area contributed by atoms with Crippen LogP contribution >= 0.6 is 27.5 Å². The molecule has 1 heterocycles. The fourth-order valence-corrected chi connectivity index (χ4v) is 3.64. The SMILES string of the molecule is CCOC(=O)Cc1cc(C)ccc1OCc1coc2c(Br)cc(Cl)cc12. The molecule has 1 aromatic heterocycles. The molecule has 0 aliphatic heterocycles. The number of ether oxygens (including phenoxy) is 2. The average Bonchev–Trinajstić information content (AvgIpc) is 2.97. The predicted molar refractivity (Wildman–Crippen MR) is 105 cm³/mol. The molecule has 2 aromatic carbocycles. The van der Waals surface area contributed by atoms with E-state index in [0.717, 1.165) is 32.1 Å². The molecule has 0 atom stereocenters. The van der Waals surface area contributed by atoms with Crippen molar-refractivity contribution in [1.82, 2.24) is 0 Å². The van der Waals surface area contributed by atoms with Crippen molar-refractivity contribution in [2.45, 2.75) is 26.9 Å². The number of aryl methyl sites for hydroxylation is 1. The van der Waals surface area contributed by atoms with Crippen molar-refractivity contribution in [3.63, 3.8) is 0 Å². The van der Waals surface area contributed by atoms with E-state index < -0.39 is 0 Å². The summed E-state index contributed by atoms with van der Waals surface area (Å²) >= 11 is 9.58. The fourth-order valence-electron chi connectivity index (χ4n) is 2.73. The highest BCUT2D eigenvalue weighted by Gasteiger charge is 2.14. The quantitative estimate of drug-likeness (QED) is 0.454. The van der Waals surface area contributed by atoms with Gasteiger partial charge in [0.2, 0.25) is 0 Å². The minimum atomic E-state index is -0.271. The Morgan fingerprint density at radius 1 is 1.23 bits per heavy atom. The molecule has 136 valence electrons. The molecule has 0 bridgehead atoms. The third kappa shape index (κ3) is 4.22. The summed E-state index contributed by atoms with van der Waals surface area (Å²) in [7, 11) is 0. The van der Waals surface area contributed by atoms with Gasteiger partial charge in [0.25, 0.3) is 0 Å². The zero-order valence-corrected chi connectivity index (χ0v) is 16.8. The minimum absolute atomic E-state index is 0.175. The largest absolute Gasteiger partial charge is 0.488 e. The second-order valence-electron chi connectivity index (χ2n) is 5.91. The Morgan fingerprint density at radius 2 is 2.04 bits per heavy atom. The van der Waals surface area contributed by atoms with Crippen molar-refractivity contribution in [3.8, 4) is 5.75 Å². The highest BCUT2D eigenvalue weighted by atomic mass is 79.9. The number of carbonyl (C=O) groups excluding carboxylic acids is 1. The van der Waals surface area contributed by atoms with Crippen LogP contribution in [0.1, 0.15) is 23.6 Å². The first kappa shape index (κ1) is 18.8. The average molecular weight is 438 g/mol. The maximum atomic E-state index is 11.8. The van der Waals surface area contributed by atoms with Crippen LogP contribution in [0.4, 0.5) is 0 Å². The summed E-state index contributed by atoms with van der Waals surface area (Å²) in [5.41, 5.74) is 3.46. The number of esters is 1. The van der Waals surface area contributed by atoms with E-state index in [0.29, 0.717) is 24.0 Å². The van der Waals surface area contributed by atoms with Crippen LogP contribution in [0.3, 0.4) is 0 Å². The van der Waals surface area contributed by atoms with Crippen LogP contribution in [0.2, 0.25) is 5.02 Å². The molecule has 3 aromatic rings. The number of hydrogen-bond donors (Lipinski definition) is 0. The standard InChI is InChI=1S/C20H18BrClO4/c1-3-24-19(23)7-13-6-12(2)4-5-18(13)25-10-14-11-26-20-16(14)8-15(22)9-17(20)21/h4-6,8-9,11H,3,7,10H2,1-2H3. The lowest BCUT2D eigenvalue weighted by Crippen LogP contribution is -2.09. The van der Waals surface area contributed by atoms with E-state index in [1.54, 1.807) is 19.3 Å². The van der Waals surface area contributed by atoms with Gasteiger partial charge in [-0.3, -0.25) is 4.79 Å². The summed E-state index contributed by atoms with van der Waals surface area (Å²) in [5.74, 6) is 0.381. The lowest BCUT2D eigenvalue weighted by molar-refractivity contribution is -0.142. The zero-order chi connectivity index (χ0) is 18.7. The first-order valence-corrected chi connectivity index (χ1v) is 9.38. The van der Waals surface area contributed by atoms with Gasteiger partial charge in [0.1, 0.15) is 17.9 Å². The molecular weight excluding hydrogens is 420 g/mol. The highest BCUT2D eigenvalue weighted by molar-refractivity contribution is 9.10. The molecular formula is C20H18BrClO4. The molecule has 0 fully saturated rings. The second-order valence-corrected chi connectivity index (χ2v) is 7.20. The molecule has 0 aliphatic rings. The van der Waals surface area contributed by atoms with Gasteiger partial charge in [-0.25, -0.2) is 0 Å². The van der Waals surface area contributed by atoms with Crippen molar-refractivity contribution < 1.29 is 18.7 Å². The van der Waals surface area contributed by atoms with Gasteiger partial charge < -0.3 is 13.9 Å². The summed E-state index contributed by atoms with van der Waals surface area (Å²) in [6.07, 6.45) is 1.83. The monoisotopic (exact) mass is 436 g/mol. The zero-order valence-electron chi connectivity index (χ0n) is 14.5. The van der Waals surface area contributed by atoms with Gasteiger partial charge in [-0.15, -0.1) is 0 Å². The van der Waals surface area contributed by atoms with Crippen LogP contribution in [0, 0.1) is 6.92 Å². The molecule has 0 unspecified atom stereocenters. The van der Waals surface area contributed by atoms with Crippen molar-refractivity contribution in [2.75, 3.05) is 6.61 Å². The summed E-state index contributed by atoms with van der Waals surface area (Å²) in [6, 6.07) is 9.39. The maximum absolute atomic E-state index is 11.8. The molecule has 4 nitrogen and oxygen atoms in total. The molecule has 0 amide bonds. The molecule has 3 rings (SSSR count). The molecule has 0 N–H and O–H groups in total. The maximum Gasteiger partial charge on any atom is 0.310 e. The van der Waals surface area contributed by atoms with Gasteiger partial charge in [0.15, 0.2) is 0 Å². The van der Waals surface area contributed by atoms with E-state index in [2.05, 4.69) is 15.9 Å². The second kappa shape index (κ2) is 8.14. The van der Waals surface area contributed by atoms with Gasteiger partial charge in [-0.1, -0.05) is 29.3 Å². The van der Waals surface area contributed by atoms with Gasteiger partial charge in [0.05, 0.1) is 23.8 Å². The van der Waals surface area contributed by atoms with Crippen LogP contribution in [-0.2, 0) is 22.6 Å². The van der Waals surface area contributed by atoms with Crippen molar-refractivity contribution in [2.24, 2.45) is 0 Å². The Morgan fingerprint density at radius 3 is 2.81 bits per heavy atom. The van der Waals surface area contributed by atoms with E-state index in [4.69, 9.17) is 25.5 Å². The molecule has 26 heavy (non-hydrogen) atoms. The summed E-state index contributed by atoms with van der Waals surface area (Å²) in [5, 5.41) is 1.51.